The average Bonchev–Trinajstić information content (AvgIpc) is 3.07. The predicted octanol–water partition coefficient (Wildman–Crippen LogP) is 2.34. The van der Waals surface area contributed by atoms with Crippen LogP contribution in [0, 0.1) is 11.7 Å². The molecule has 0 bridgehead atoms. The zero-order chi connectivity index (χ0) is 13.8. The normalized spacial score (nSPS) is 18.6. The maximum absolute atomic E-state index is 13.1. The molecule has 1 fully saturated rings. The van der Waals surface area contributed by atoms with Gasteiger partial charge in [0.1, 0.15) is 5.82 Å². The molecule has 0 aliphatic carbocycles. The molecule has 1 unspecified atom stereocenters. The third-order valence-corrected chi connectivity index (χ3v) is 3.69. The average molecular weight is 275 g/mol. The molecule has 5 heteroatoms. The molecule has 1 aromatic heterocycles. The maximum Gasteiger partial charge on any atom is 0.226 e. The molecule has 2 aromatic rings. The Balaban J connectivity index is 1.56. The zero-order valence-electron chi connectivity index (χ0n) is 11.3. The Morgan fingerprint density at radius 3 is 3.15 bits per heavy atom. The number of aromatic nitrogens is 2. The van der Waals surface area contributed by atoms with E-state index in [4.69, 9.17) is 4.52 Å². The van der Waals surface area contributed by atoms with Gasteiger partial charge in [-0.05, 0) is 49.5 Å². The SMILES string of the molecule is Fc1cccc(Cc2noc(CCC3CCNC3)n2)c1. The van der Waals surface area contributed by atoms with E-state index in [9.17, 15) is 4.39 Å². The summed E-state index contributed by atoms with van der Waals surface area (Å²) in [6.07, 6.45) is 3.63. The minimum absolute atomic E-state index is 0.236. The minimum atomic E-state index is -0.236. The van der Waals surface area contributed by atoms with E-state index in [1.54, 1.807) is 6.07 Å². The molecule has 1 N–H and O–H groups in total. The molecule has 106 valence electrons. The molecular formula is C15H18FN3O. The molecule has 20 heavy (non-hydrogen) atoms. The van der Waals surface area contributed by atoms with Crippen molar-refractivity contribution < 1.29 is 8.91 Å². The Kier molecular flexibility index (Phi) is 4.06. The van der Waals surface area contributed by atoms with Crippen molar-refractivity contribution in [1.82, 2.24) is 15.5 Å². The molecule has 1 aliphatic heterocycles. The first-order valence-electron chi connectivity index (χ1n) is 7.06. The third-order valence-electron chi connectivity index (χ3n) is 3.69. The van der Waals surface area contributed by atoms with Crippen molar-refractivity contribution in [2.45, 2.75) is 25.7 Å². The van der Waals surface area contributed by atoms with Crippen LogP contribution in [-0.4, -0.2) is 23.2 Å². The summed E-state index contributed by atoms with van der Waals surface area (Å²) >= 11 is 0. The van der Waals surface area contributed by atoms with E-state index in [1.165, 1.54) is 18.6 Å². The van der Waals surface area contributed by atoms with Crippen LogP contribution in [0.1, 0.15) is 30.1 Å². The summed E-state index contributed by atoms with van der Waals surface area (Å²) in [5.41, 5.74) is 0.859. The van der Waals surface area contributed by atoms with Crippen LogP contribution in [-0.2, 0) is 12.8 Å². The van der Waals surface area contributed by atoms with Crippen LogP contribution < -0.4 is 5.32 Å². The lowest BCUT2D eigenvalue weighted by Crippen LogP contribution is -2.09. The number of benzene rings is 1. The van der Waals surface area contributed by atoms with Crippen molar-refractivity contribution >= 4 is 0 Å². The predicted molar refractivity (Wildman–Crippen MR) is 72.8 cm³/mol. The van der Waals surface area contributed by atoms with Crippen molar-refractivity contribution in [2.75, 3.05) is 13.1 Å². The molecule has 2 heterocycles. The largest absolute Gasteiger partial charge is 0.339 e. The summed E-state index contributed by atoms with van der Waals surface area (Å²) in [4.78, 5) is 4.38. The van der Waals surface area contributed by atoms with Crippen molar-refractivity contribution in [3.8, 4) is 0 Å². The Bertz CT molecular complexity index is 564. The summed E-state index contributed by atoms with van der Waals surface area (Å²) in [7, 11) is 0. The summed E-state index contributed by atoms with van der Waals surface area (Å²) in [5.74, 6) is 1.78. The highest BCUT2D eigenvalue weighted by Gasteiger charge is 2.16. The van der Waals surface area contributed by atoms with Crippen LogP contribution in [0.15, 0.2) is 28.8 Å². The molecule has 0 spiro atoms. The second-order valence-electron chi connectivity index (χ2n) is 5.31. The Labute approximate surface area is 117 Å². The van der Waals surface area contributed by atoms with Gasteiger partial charge >= 0.3 is 0 Å². The number of nitrogens with zero attached hydrogens (tertiary/aromatic N) is 2. The first-order valence-corrected chi connectivity index (χ1v) is 7.06. The van der Waals surface area contributed by atoms with E-state index in [-0.39, 0.29) is 5.82 Å². The van der Waals surface area contributed by atoms with E-state index >= 15 is 0 Å². The maximum atomic E-state index is 13.1. The molecule has 1 aromatic carbocycles. The number of aryl methyl sites for hydroxylation is 1. The second kappa shape index (κ2) is 6.13. The van der Waals surface area contributed by atoms with Gasteiger partial charge < -0.3 is 9.84 Å². The molecule has 1 saturated heterocycles. The van der Waals surface area contributed by atoms with Gasteiger partial charge in [0.2, 0.25) is 5.89 Å². The molecule has 1 atom stereocenters. The van der Waals surface area contributed by atoms with Crippen LogP contribution in [0.4, 0.5) is 4.39 Å². The van der Waals surface area contributed by atoms with Crippen molar-refractivity contribution in [1.29, 1.82) is 0 Å². The standard InChI is InChI=1S/C15H18FN3O/c16-13-3-1-2-12(8-13)9-14-18-15(20-19-14)5-4-11-6-7-17-10-11/h1-3,8,11,17H,4-7,9-10H2. The fourth-order valence-corrected chi connectivity index (χ4v) is 2.58. The van der Waals surface area contributed by atoms with Gasteiger partial charge in [0.15, 0.2) is 5.82 Å². The van der Waals surface area contributed by atoms with Crippen molar-refractivity contribution in [2.24, 2.45) is 5.92 Å². The molecule has 0 radical (unpaired) electrons. The lowest BCUT2D eigenvalue weighted by molar-refractivity contribution is 0.361. The summed E-state index contributed by atoms with van der Waals surface area (Å²) in [5, 5.41) is 7.31. The first kappa shape index (κ1) is 13.2. The smallest absolute Gasteiger partial charge is 0.226 e. The van der Waals surface area contributed by atoms with Gasteiger partial charge in [-0.2, -0.15) is 4.98 Å². The third kappa shape index (κ3) is 3.42. The molecule has 0 saturated carbocycles. The fourth-order valence-electron chi connectivity index (χ4n) is 2.58. The molecule has 0 amide bonds. The topological polar surface area (TPSA) is 51.0 Å². The van der Waals surface area contributed by atoms with Gasteiger partial charge in [0.25, 0.3) is 0 Å². The lowest BCUT2D eigenvalue weighted by Gasteiger charge is -2.03. The van der Waals surface area contributed by atoms with E-state index in [0.29, 0.717) is 24.1 Å². The van der Waals surface area contributed by atoms with Crippen molar-refractivity contribution in [3.05, 3.63) is 47.4 Å². The second-order valence-corrected chi connectivity index (χ2v) is 5.31. The Hall–Kier alpha value is -1.75. The monoisotopic (exact) mass is 275 g/mol. The van der Waals surface area contributed by atoms with Crippen LogP contribution in [0.25, 0.3) is 0 Å². The number of rotatable bonds is 5. The molecular weight excluding hydrogens is 257 g/mol. The molecule has 3 rings (SSSR count). The fraction of sp³-hybridized carbons (Fsp3) is 0.467. The summed E-state index contributed by atoms with van der Waals surface area (Å²) < 4.78 is 18.4. The molecule has 1 aliphatic rings. The van der Waals surface area contributed by atoms with Gasteiger partial charge in [0, 0.05) is 12.8 Å². The van der Waals surface area contributed by atoms with Crippen LogP contribution >= 0.6 is 0 Å². The Morgan fingerprint density at radius 1 is 1.40 bits per heavy atom. The van der Waals surface area contributed by atoms with Crippen molar-refractivity contribution in [3.63, 3.8) is 0 Å². The summed E-state index contributed by atoms with van der Waals surface area (Å²) in [6.45, 7) is 2.20. The van der Waals surface area contributed by atoms with E-state index < -0.39 is 0 Å². The van der Waals surface area contributed by atoms with Gasteiger partial charge in [-0.15, -0.1) is 0 Å². The van der Waals surface area contributed by atoms with Crippen LogP contribution in [0.3, 0.4) is 0 Å². The lowest BCUT2D eigenvalue weighted by atomic mass is 10.0. The zero-order valence-corrected chi connectivity index (χ0v) is 11.3. The Morgan fingerprint density at radius 2 is 2.35 bits per heavy atom. The number of nitrogens with one attached hydrogen (secondary N) is 1. The van der Waals surface area contributed by atoms with Gasteiger partial charge in [-0.25, -0.2) is 4.39 Å². The highest BCUT2D eigenvalue weighted by molar-refractivity contribution is 5.19. The highest BCUT2D eigenvalue weighted by atomic mass is 19.1. The quantitative estimate of drug-likeness (QED) is 0.910. The van der Waals surface area contributed by atoms with Gasteiger partial charge in [0.05, 0.1) is 0 Å². The van der Waals surface area contributed by atoms with Gasteiger partial charge in [-0.3, -0.25) is 0 Å². The van der Waals surface area contributed by atoms with Crippen LogP contribution in [0.5, 0.6) is 0 Å². The molecule has 4 nitrogen and oxygen atoms in total. The number of hydrogen-bond donors (Lipinski definition) is 1. The van der Waals surface area contributed by atoms with E-state index in [1.807, 2.05) is 6.07 Å². The number of hydrogen-bond acceptors (Lipinski definition) is 4. The minimum Gasteiger partial charge on any atom is -0.339 e. The number of halogens is 1. The highest BCUT2D eigenvalue weighted by Crippen LogP contribution is 2.15. The first-order chi connectivity index (χ1) is 9.79. The van der Waals surface area contributed by atoms with Crippen LogP contribution in [0.2, 0.25) is 0 Å². The van der Waals surface area contributed by atoms with E-state index in [0.717, 1.165) is 31.5 Å². The summed E-state index contributed by atoms with van der Waals surface area (Å²) in [6, 6.07) is 6.49. The van der Waals surface area contributed by atoms with E-state index in [2.05, 4.69) is 15.5 Å². The van der Waals surface area contributed by atoms with Gasteiger partial charge in [-0.1, -0.05) is 17.3 Å².